The summed E-state index contributed by atoms with van der Waals surface area (Å²) in [4.78, 5) is 12.1. The number of rotatable bonds is 8. The lowest BCUT2D eigenvalue weighted by atomic mass is 10.0. The van der Waals surface area contributed by atoms with Gasteiger partial charge in [-0.1, -0.05) is 30.3 Å². The summed E-state index contributed by atoms with van der Waals surface area (Å²) in [5.41, 5.74) is 8.92. The van der Waals surface area contributed by atoms with Gasteiger partial charge in [-0.15, -0.1) is 0 Å². The summed E-state index contributed by atoms with van der Waals surface area (Å²) in [6, 6.07) is 15.9. The normalized spacial score (nSPS) is 11.8. The number of hydrogen-bond acceptors (Lipinski definition) is 3. The van der Waals surface area contributed by atoms with Crippen molar-refractivity contribution in [1.82, 2.24) is 5.32 Å². The summed E-state index contributed by atoms with van der Waals surface area (Å²) >= 11 is 0. The minimum absolute atomic E-state index is 0.0699. The number of ether oxygens (including phenoxy) is 1. The molecule has 128 valence electrons. The molecular weight excluding hydrogens is 300 g/mol. The van der Waals surface area contributed by atoms with Crippen molar-refractivity contribution in [3.05, 3.63) is 59.7 Å². The average Bonchev–Trinajstić information content (AvgIpc) is 2.59. The molecule has 0 aliphatic rings. The Labute approximate surface area is 144 Å². The van der Waals surface area contributed by atoms with E-state index < -0.39 is 0 Å². The first-order valence-electron chi connectivity index (χ1n) is 8.34. The lowest BCUT2D eigenvalue weighted by Crippen LogP contribution is -2.33. The van der Waals surface area contributed by atoms with Gasteiger partial charge in [-0.3, -0.25) is 4.79 Å². The first-order chi connectivity index (χ1) is 11.6. The molecule has 0 saturated heterocycles. The van der Waals surface area contributed by atoms with Gasteiger partial charge in [0, 0.05) is 18.2 Å². The molecule has 1 atom stereocenters. The minimum Gasteiger partial charge on any atom is -0.497 e. The topological polar surface area (TPSA) is 64.3 Å². The first-order valence-corrected chi connectivity index (χ1v) is 8.34. The van der Waals surface area contributed by atoms with Gasteiger partial charge in [0.2, 0.25) is 5.91 Å². The van der Waals surface area contributed by atoms with E-state index in [1.54, 1.807) is 7.11 Å². The maximum atomic E-state index is 12.1. The Hall–Kier alpha value is -2.49. The molecule has 2 aromatic rings. The van der Waals surface area contributed by atoms with Gasteiger partial charge in [0.05, 0.1) is 7.11 Å². The van der Waals surface area contributed by atoms with E-state index in [0.717, 1.165) is 29.8 Å². The van der Waals surface area contributed by atoms with Crippen LogP contribution in [0.15, 0.2) is 48.5 Å². The third kappa shape index (κ3) is 5.61. The Morgan fingerprint density at radius 3 is 2.50 bits per heavy atom. The zero-order valence-electron chi connectivity index (χ0n) is 14.4. The largest absolute Gasteiger partial charge is 0.497 e. The number of aryl methyl sites for hydroxylation is 2. The Kier molecular flexibility index (Phi) is 6.67. The van der Waals surface area contributed by atoms with Crippen LogP contribution in [0.25, 0.3) is 0 Å². The number of carbonyl (C=O) groups is 1. The standard InChI is InChI=1S/C20H26N2O2/c1-15(7-8-16-9-12-18(24-2)13-10-16)22-20(23)14-11-17-5-3-4-6-19(17)21/h3-6,9-10,12-13,15H,7-8,11,14,21H2,1-2H3,(H,22,23). The molecule has 1 amide bonds. The number of nitrogens with one attached hydrogen (secondary N) is 1. The van der Waals surface area contributed by atoms with E-state index in [-0.39, 0.29) is 11.9 Å². The number of amides is 1. The molecule has 24 heavy (non-hydrogen) atoms. The lowest BCUT2D eigenvalue weighted by molar-refractivity contribution is -0.121. The van der Waals surface area contributed by atoms with Crippen LogP contribution >= 0.6 is 0 Å². The van der Waals surface area contributed by atoms with Crippen LogP contribution in [0.4, 0.5) is 5.69 Å². The molecule has 0 saturated carbocycles. The van der Waals surface area contributed by atoms with E-state index in [4.69, 9.17) is 10.5 Å². The van der Waals surface area contributed by atoms with E-state index >= 15 is 0 Å². The summed E-state index contributed by atoms with van der Waals surface area (Å²) in [5, 5.41) is 3.06. The molecule has 2 rings (SSSR count). The summed E-state index contributed by atoms with van der Waals surface area (Å²) in [5.74, 6) is 0.931. The van der Waals surface area contributed by atoms with Crippen molar-refractivity contribution in [3.63, 3.8) is 0 Å². The lowest BCUT2D eigenvalue weighted by Gasteiger charge is -2.14. The number of methoxy groups -OCH3 is 1. The van der Waals surface area contributed by atoms with Crippen molar-refractivity contribution in [1.29, 1.82) is 0 Å². The quantitative estimate of drug-likeness (QED) is 0.731. The molecule has 0 fully saturated rings. The van der Waals surface area contributed by atoms with Gasteiger partial charge >= 0.3 is 0 Å². The Balaban J connectivity index is 1.72. The minimum atomic E-state index is 0.0699. The summed E-state index contributed by atoms with van der Waals surface area (Å²) < 4.78 is 5.15. The second kappa shape index (κ2) is 8.96. The molecule has 0 aliphatic heterocycles. The fourth-order valence-corrected chi connectivity index (χ4v) is 2.60. The molecule has 0 spiro atoms. The van der Waals surface area contributed by atoms with E-state index in [2.05, 4.69) is 17.4 Å². The van der Waals surface area contributed by atoms with Crippen LogP contribution in [0.1, 0.15) is 30.9 Å². The number of nitrogens with two attached hydrogens (primary N) is 1. The Morgan fingerprint density at radius 1 is 1.12 bits per heavy atom. The summed E-state index contributed by atoms with van der Waals surface area (Å²) in [6.07, 6.45) is 2.97. The fraction of sp³-hybridized carbons (Fsp3) is 0.350. The summed E-state index contributed by atoms with van der Waals surface area (Å²) in [6.45, 7) is 2.04. The number of anilines is 1. The highest BCUT2D eigenvalue weighted by Crippen LogP contribution is 2.14. The van der Waals surface area contributed by atoms with Crippen molar-refractivity contribution in [3.8, 4) is 5.75 Å². The van der Waals surface area contributed by atoms with Gasteiger partial charge in [-0.2, -0.15) is 0 Å². The van der Waals surface area contributed by atoms with Crippen LogP contribution in [0.3, 0.4) is 0 Å². The Bertz CT molecular complexity index is 653. The van der Waals surface area contributed by atoms with Gasteiger partial charge in [-0.25, -0.2) is 0 Å². The molecule has 0 aromatic heterocycles. The first kappa shape index (κ1) is 17.9. The molecular formula is C20H26N2O2. The van der Waals surface area contributed by atoms with Crippen LogP contribution in [0.2, 0.25) is 0 Å². The van der Waals surface area contributed by atoms with E-state index in [1.165, 1.54) is 5.56 Å². The second-order valence-corrected chi connectivity index (χ2v) is 6.05. The zero-order chi connectivity index (χ0) is 17.4. The van der Waals surface area contributed by atoms with Gasteiger partial charge < -0.3 is 15.8 Å². The number of carbonyl (C=O) groups excluding carboxylic acids is 1. The second-order valence-electron chi connectivity index (χ2n) is 6.05. The molecule has 4 heteroatoms. The maximum Gasteiger partial charge on any atom is 0.220 e. The fourth-order valence-electron chi connectivity index (χ4n) is 2.60. The predicted octanol–water partition coefficient (Wildman–Crippen LogP) is 3.35. The van der Waals surface area contributed by atoms with Crippen molar-refractivity contribution >= 4 is 11.6 Å². The highest BCUT2D eigenvalue weighted by Gasteiger charge is 2.09. The van der Waals surface area contributed by atoms with Crippen molar-refractivity contribution < 1.29 is 9.53 Å². The average molecular weight is 326 g/mol. The van der Waals surface area contributed by atoms with Gasteiger partial charge in [-0.05, 0) is 55.5 Å². The van der Waals surface area contributed by atoms with Crippen LogP contribution in [0.5, 0.6) is 5.75 Å². The number of para-hydroxylation sites is 1. The maximum absolute atomic E-state index is 12.1. The van der Waals surface area contributed by atoms with Crippen molar-refractivity contribution in [2.24, 2.45) is 0 Å². The van der Waals surface area contributed by atoms with Crippen molar-refractivity contribution in [2.75, 3.05) is 12.8 Å². The molecule has 0 bridgehead atoms. The third-order valence-electron chi connectivity index (χ3n) is 4.11. The molecule has 1 unspecified atom stereocenters. The van der Waals surface area contributed by atoms with E-state index in [9.17, 15) is 4.79 Å². The van der Waals surface area contributed by atoms with Crippen LogP contribution in [0, 0.1) is 0 Å². The molecule has 3 N–H and O–H groups in total. The van der Waals surface area contributed by atoms with E-state index in [0.29, 0.717) is 12.8 Å². The van der Waals surface area contributed by atoms with Gasteiger partial charge in [0.15, 0.2) is 0 Å². The van der Waals surface area contributed by atoms with Crippen LogP contribution in [-0.4, -0.2) is 19.1 Å². The highest BCUT2D eigenvalue weighted by atomic mass is 16.5. The number of nitrogen functional groups attached to an aromatic ring is 1. The Morgan fingerprint density at radius 2 is 1.83 bits per heavy atom. The van der Waals surface area contributed by atoms with E-state index in [1.807, 2.05) is 43.3 Å². The predicted molar refractivity (Wildman–Crippen MR) is 98.1 cm³/mol. The molecule has 4 nitrogen and oxygen atoms in total. The zero-order valence-corrected chi connectivity index (χ0v) is 14.4. The smallest absolute Gasteiger partial charge is 0.220 e. The molecule has 0 heterocycles. The number of hydrogen-bond donors (Lipinski definition) is 2. The highest BCUT2D eigenvalue weighted by molar-refractivity contribution is 5.76. The van der Waals surface area contributed by atoms with Crippen molar-refractivity contribution in [2.45, 2.75) is 38.6 Å². The van der Waals surface area contributed by atoms with Crippen LogP contribution in [-0.2, 0) is 17.6 Å². The molecule has 0 aliphatic carbocycles. The molecule has 0 radical (unpaired) electrons. The van der Waals surface area contributed by atoms with Gasteiger partial charge in [0.25, 0.3) is 0 Å². The number of benzene rings is 2. The summed E-state index contributed by atoms with van der Waals surface area (Å²) in [7, 11) is 1.66. The third-order valence-corrected chi connectivity index (χ3v) is 4.11. The SMILES string of the molecule is COc1ccc(CCC(C)NC(=O)CCc2ccccc2N)cc1. The monoisotopic (exact) mass is 326 g/mol. The van der Waals surface area contributed by atoms with Gasteiger partial charge in [0.1, 0.15) is 5.75 Å². The van der Waals surface area contributed by atoms with Crippen LogP contribution < -0.4 is 15.8 Å². The molecule has 2 aromatic carbocycles.